The Morgan fingerprint density at radius 2 is 1.88 bits per heavy atom. The summed E-state index contributed by atoms with van der Waals surface area (Å²) in [5, 5.41) is 9.36. The highest BCUT2D eigenvalue weighted by molar-refractivity contribution is 14.0. The fourth-order valence-electron chi connectivity index (χ4n) is 2.15. The number of aliphatic imine (C=N–C) groups is 1. The molecule has 0 radical (unpaired) electrons. The first-order valence-electron chi connectivity index (χ1n) is 8.42. The molecule has 0 unspecified atom stereocenters. The largest absolute Gasteiger partial charge is 0.357 e. The molecule has 0 aliphatic carbocycles. The van der Waals surface area contributed by atoms with Crippen LogP contribution in [0.5, 0.6) is 0 Å². The minimum Gasteiger partial charge on any atom is -0.357 e. The molecule has 1 amide bonds. The van der Waals surface area contributed by atoms with Crippen LogP contribution in [0.2, 0.25) is 0 Å². The lowest BCUT2D eigenvalue weighted by Gasteiger charge is -2.11. The first-order valence-corrected chi connectivity index (χ1v) is 10.1. The molecule has 9 heteroatoms. The van der Waals surface area contributed by atoms with E-state index in [4.69, 9.17) is 0 Å². The molecule has 0 aliphatic rings. The summed E-state index contributed by atoms with van der Waals surface area (Å²) in [4.78, 5) is 24.0. The molecule has 26 heavy (non-hydrogen) atoms. The van der Waals surface area contributed by atoms with Gasteiger partial charge in [-0.2, -0.15) is 0 Å². The van der Waals surface area contributed by atoms with Crippen molar-refractivity contribution in [2.24, 2.45) is 4.99 Å². The van der Waals surface area contributed by atoms with Crippen LogP contribution < -0.4 is 16.0 Å². The van der Waals surface area contributed by atoms with Gasteiger partial charge in [0, 0.05) is 29.4 Å². The van der Waals surface area contributed by atoms with Crippen molar-refractivity contribution in [1.82, 2.24) is 20.9 Å². The number of nitrogens with zero attached hydrogens (tertiary/aromatic N) is 2. The molecule has 2 heterocycles. The summed E-state index contributed by atoms with van der Waals surface area (Å²) in [6, 6.07) is 4.29. The van der Waals surface area contributed by atoms with E-state index in [1.807, 2.05) is 13.8 Å². The predicted molar refractivity (Wildman–Crippen MR) is 121 cm³/mol. The summed E-state index contributed by atoms with van der Waals surface area (Å²) in [6.45, 7) is 8.63. The zero-order chi connectivity index (χ0) is 18.1. The van der Waals surface area contributed by atoms with Gasteiger partial charge in [0.05, 0.1) is 17.7 Å². The van der Waals surface area contributed by atoms with Crippen LogP contribution in [0.4, 0.5) is 0 Å². The third-order valence-corrected chi connectivity index (χ3v) is 5.60. The molecule has 0 aromatic carbocycles. The molecule has 3 N–H and O–H groups in total. The van der Waals surface area contributed by atoms with Gasteiger partial charge in [0.15, 0.2) is 5.96 Å². The number of thiazole rings is 1. The van der Waals surface area contributed by atoms with Crippen molar-refractivity contribution in [2.75, 3.05) is 19.6 Å². The number of carbonyl (C=O) groups excluding carboxylic acids is 1. The average Bonchev–Trinajstić information content (AvgIpc) is 3.24. The second-order valence-corrected chi connectivity index (χ2v) is 7.47. The van der Waals surface area contributed by atoms with Gasteiger partial charge in [-0.3, -0.25) is 4.79 Å². The van der Waals surface area contributed by atoms with Crippen LogP contribution in [0.15, 0.2) is 22.6 Å². The number of thiophene rings is 1. The van der Waals surface area contributed by atoms with Gasteiger partial charge in [-0.15, -0.1) is 46.7 Å². The number of amides is 1. The van der Waals surface area contributed by atoms with Crippen LogP contribution in [0.3, 0.4) is 0 Å². The van der Waals surface area contributed by atoms with E-state index in [0.717, 1.165) is 24.6 Å². The van der Waals surface area contributed by atoms with Crippen molar-refractivity contribution in [2.45, 2.75) is 33.7 Å². The summed E-state index contributed by atoms with van der Waals surface area (Å²) >= 11 is 3.16. The van der Waals surface area contributed by atoms with E-state index in [-0.39, 0.29) is 29.9 Å². The van der Waals surface area contributed by atoms with Crippen molar-refractivity contribution in [3.8, 4) is 0 Å². The molecule has 0 bridgehead atoms. The standard InChI is InChI=1S/C17H25N5OS2.HI/c1-4-13-6-7-14(25-13)10-21-17(18-5-2)20-9-8-19-16(23)15-12(3)22-11-24-15;/h6-7,11H,4-5,8-10H2,1-3H3,(H,19,23)(H2,18,20,21);1H. The molecule has 2 aromatic rings. The fourth-order valence-corrected chi connectivity index (χ4v) is 3.75. The van der Waals surface area contributed by atoms with Crippen molar-refractivity contribution >= 4 is 58.5 Å². The molecule has 0 saturated heterocycles. The lowest BCUT2D eigenvalue weighted by Crippen LogP contribution is -2.41. The Morgan fingerprint density at radius 1 is 1.15 bits per heavy atom. The number of carbonyl (C=O) groups is 1. The molecule has 2 aromatic heterocycles. The second-order valence-electron chi connectivity index (χ2n) is 5.37. The van der Waals surface area contributed by atoms with E-state index in [1.54, 1.807) is 16.8 Å². The van der Waals surface area contributed by atoms with Crippen molar-refractivity contribution in [3.63, 3.8) is 0 Å². The van der Waals surface area contributed by atoms with Gasteiger partial charge < -0.3 is 16.0 Å². The van der Waals surface area contributed by atoms with E-state index < -0.39 is 0 Å². The van der Waals surface area contributed by atoms with Crippen molar-refractivity contribution in [1.29, 1.82) is 0 Å². The van der Waals surface area contributed by atoms with E-state index in [2.05, 4.69) is 45.0 Å². The van der Waals surface area contributed by atoms with Crippen LogP contribution in [0, 0.1) is 6.92 Å². The molecule has 144 valence electrons. The maximum atomic E-state index is 12.0. The number of rotatable bonds is 8. The maximum absolute atomic E-state index is 12.0. The number of hydrogen-bond donors (Lipinski definition) is 3. The highest BCUT2D eigenvalue weighted by Crippen LogP contribution is 2.17. The number of guanidine groups is 1. The van der Waals surface area contributed by atoms with Gasteiger partial charge in [0.2, 0.25) is 0 Å². The van der Waals surface area contributed by atoms with Gasteiger partial charge in [0.25, 0.3) is 5.91 Å². The third kappa shape index (κ3) is 7.20. The summed E-state index contributed by atoms with van der Waals surface area (Å²) in [6.07, 6.45) is 1.06. The van der Waals surface area contributed by atoms with Gasteiger partial charge in [-0.25, -0.2) is 9.98 Å². The number of hydrogen-bond acceptors (Lipinski definition) is 5. The van der Waals surface area contributed by atoms with Crippen LogP contribution >= 0.6 is 46.7 Å². The van der Waals surface area contributed by atoms with Crippen LogP contribution in [0.1, 0.15) is 39.0 Å². The highest BCUT2D eigenvalue weighted by atomic mass is 127. The number of aryl methyl sites for hydroxylation is 2. The summed E-state index contributed by atoms with van der Waals surface area (Å²) < 4.78 is 0. The van der Waals surface area contributed by atoms with Crippen LogP contribution in [-0.4, -0.2) is 36.5 Å². The molecule has 0 fully saturated rings. The molecule has 0 aliphatic heterocycles. The van der Waals surface area contributed by atoms with E-state index >= 15 is 0 Å². The normalized spacial score (nSPS) is 11.0. The van der Waals surface area contributed by atoms with Gasteiger partial charge in [-0.05, 0) is 32.4 Å². The first-order chi connectivity index (χ1) is 12.1. The Bertz CT molecular complexity index is 714. The number of halogens is 1. The Balaban J connectivity index is 0.00000338. The predicted octanol–water partition coefficient (Wildman–Crippen LogP) is 3.18. The Labute approximate surface area is 179 Å². The molecule has 6 nitrogen and oxygen atoms in total. The topological polar surface area (TPSA) is 78.4 Å². The highest BCUT2D eigenvalue weighted by Gasteiger charge is 2.10. The van der Waals surface area contributed by atoms with Gasteiger partial charge in [-0.1, -0.05) is 6.92 Å². The summed E-state index contributed by atoms with van der Waals surface area (Å²) in [5.41, 5.74) is 2.46. The van der Waals surface area contributed by atoms with Crippen LogP contribution in [-0.2, 0) is 13.0 Å². The molecule has 2 rings (SSSR count). The fraction of sp³-hybridized carbons (Fsp3) is 0.471. The van der Waals surface area contributed by atoms with Gasteiger partial charge >= 0.3 is 0 Å². The lowest BCUT2D eigenvalue weighted by molar-refractivity contribution is 0.0957. The summed E-state index contributed by atoms with van der Waals surface area (Å²) in [5.74, 6) is 0.687. The molecular formula is C17H26IN5OS2. The third-order valence-electron chi connectivity index (χ3n) is 3.46. The smallest absolute Gasteiger partial charge is 0.263 e. The zero-order valence-corrected chi connectivity index (χ0v) is 19.3. The van der Waals surface area contributed by atoms with E-state index in [0.29, 0.717) is 24.5 Å². The molecule has 0 saturated carbocycles. The van der Waals surface area contributed by atoms with Crippen LogP contribution in [0.25, 0.3) is 0 Å². The average molecular weight is 507 g/mol. The minimum atomic E-state index is -0.0746. The Kier molecular flexibility index (Phi) is 10.7. The quantitative estimate of drug-likeness (QED) is 0.222. The number of nitrogens with one attached hydrogen (secondary N) is 3. The summed E-state index contributed by atoms with van der Waals surface area (Å²) in [7, 11) is 0. The number of aromatic nitrogens is 1. The minimum absolute atomic E-state index is 0. The van der Waals surface area contributed by atoms with E-state index in [1.165, 1.54) is 21.1 Å². The Hall–Kier alpha value is -1.20. The first kappa shape index (κ1) is 22.8. The van der Waals surface area contributed by atoms with Crippen molar-refractivity contribution < 1.29 is 4.79 Å². The van der Waals surface area contributed by atoms with E-state index in [9.17, 15) is 4.79 Å². The molecule has 0 spiro atoms. The maximum Gasteiger partial charge on any atom is 0.263 e. The monoisotopic (exact) mass is 507 g/mol. The zero-order valence-electron chi connectivity index (χ0n) is 15.3. The lowest BCUT2D eigenvalue weighted by atomic mass is 10.4. The molecule has 0 atom stereocenters. The van der Waals surface area contributed by atoms with Crippen molar-refractivity contribution in [3.05, 3.63) is 38.0 Å². The molecular weight excluding hydrogens is 481 g/mol. The Morgan fingerprint density at radius 3 is 2.50 bits per heavy atom. The van der Waals surface area contributed by atoms with Gasteiger partial charge in [0.1, 0.15) is 4.88 Å². The second kappa shape index (κ2) is 12.2. The SMILES string of the molecule is CCNC(=NCc1ccc(CC)s1)NCCNC(=O)c1scnc1C.I.